The maximum atomic E-state index is 12.3. The normalized spacial score (nSPS) is 16.2. The Morgan fingerprint density at radius 2 is 1.96 bits per heavy atom. The van der Waals surface area contributed by atoms with Gasteiger partial charge in [0.05, 0.1) is 17.7 Å². The quantitative estimate of drug-likeness (QED) is 0.659. The van der Waals surface area contributed by atoms with Crippen LogP contribution in [0, 0.1) is 0 Å². The SMILES string of the molecule is COc1cc(C=C2SC(=O)N(c3ccccc3)C2=S)ccc1O. The molecule has 2 aromatic carbocycles. The third kappa shape index (κ3) is 3.09. The lowest BCUT2D eigenvalue weighted by atomic mass is 10.2. The first-order valence-corrected chi connectivity index (χ1v) is 8.02. The van der Waals surface area contributed by atoms with Gasteiger partial charge in [0.25, 0.3) is 5.24 Å². The van der Waals surface area contributed by atoms with E-state index in [9.17, 15) is 9.90 Å². The van der Waals surface area contributed by atoms with Crippen LogP contribution in [-0.2, 0) is 0 Å². The molecule has 0 radical (unpaired) electrons. The van der Waals surface area contributed by atoms with Crippen molar-refractivity contribution in [2.45, 2.75) is 0 Å². The van der Waals surface area contributed by atoms with Crippen molar-refractivity contribution in [3.8, 4) is 11.5 Å². The molecule has 0 aliphatic carbocycles. The van der Waals surface area contributed by atoms with Crippen LogP contribution in [0.4, 0.5) is 10.5 Å². The summed E-state index contributed by atoms with van der Waals surface area (Å²) in [6.07, 6.45) is 1.82. The van der Waals surface area contributed by atoms with Gasteiger partial charge in [-0.2, -0.15) is 0 Å². The minimum Gasteiger partial charge on any atom is -0.504 e. The molecule has 0 saturated carbocycles. The van der Waals surface area contributed by atoms with Crippen LogP contribution < -0.4 is 9.64 Å². The molecule has 2 aromatic rings. The fraction of sp³-hybridized carbons (Fsp3) is 0.0588. The number of phenols is 1. The number of rotatable bonds is 3. The lowest BCUT2D eigenvalue weighted by molar-refractivity contribution is 0.268. The summed E-state index contributed by atoms with van der Waals surface area (Å²) in [5.74, 6) is 0.442. The van der Waals surface area contributed by atoms with Crippen LogP contribution >= 0.6 is 24.0 Å². The van der Waals surface area contributed by atoms with E-state index in [0.29, 0.717) is 15.6 Å². The number of thioether (sulfide) groups is 1. The molecular formula is C17H13NO3S2. The third-order valence-electron chi connectivity index (χ3n) is 3.31. The van der Waals surface area contributed by atoms with E-state index in [1.807, 2.05) is 36.4 Å². The van der Waals surface area contributed by atoms with E-state index < -0.39 is 0 Å². The maximum Gasteiger partial charge on any atom is 0.296 e. The average Bonchev–Trinajstić information content (AvgIpc) is 2.84. The summed E-state index contributed by atoms with van der Waals surface area (Å²) in [6, 6.07) is 14.3. The summed E-state index contributed by atoms with van der Waals surface area (Å²) in [5.41, 5.74) is 1.55. The summed E-state index contributed by atoms with van der Waals surface area (Å²) in [6.45, 7) is 0. The summed E-state index contributed by atoms with van der Waals surface area (Å²) in [5, 5.41) is 9.51. The third-order valence-corrected chi connectivity index (χ3v) is 4.73. The predicted molar refractivity (Wildman–Crippen MR) is 97.1 cm³/mol. The molecule has 1 aliphatic rings. The highest BCUT2D eigenvalue weighted by Crippen LogP contribution is 2.37. The first kappa shape index (κ1) is 15.6. The Bertz CT molecular complexity index is 803. The Balaban J connectivity index is 1.93. The molecule has 0 atom stereocenters. The number of phenolic OH excluding ortho intramolecular Hbond substituents is 1. The molecule has 116 valence electrons. The van der Waals surface area contributed by atoms with Gasteiger partial charge in [0.2, 0.25) is 0 Å². The summed E-state index contributed by atoms with van der Waals surface area (Å²) in [4.78, 5) is 14.9. The first-order chi connectivity index (χ1) is 11.1. The minimum atomic E-state index is -0.127. The Labute approximate surface area is 143 Å². The van der Waals surface area contributed by atoms with Crippen molar-refractivity contribution in [2.75, 3.05) is 12.0 Å². The van der Waals surface area contributed by atoms with Gasteiger partial charge >= 0.3 is 0 Å². The fourth-order valence-corrected chi connectivity index (χ4v) is 3.48. The molecular weight excluding hydrogens is 330 g/mol. The van der Waals surface area contributed by atoms with Crippen LogP contribution in [0.5, 0.6) is 11.5 Å². The van der Waals surface area contributed by atoms with Gasteiger partial charge in [-0.3, -0.25) is 9.69 Å². The van der Waals surface area contributed by atoms with Crippen molar-refractivity contribution < 1.29 is 14.6 Å². The van der Waals surface area contributed by atoms with Gasteiger partial charge in [-0.1, -0.05) is 36.5 Å². The average molecular weight is 343 g/mol. The maximum absolute atomic E-state index is 12.3. The van der Waals surface area contributed by atoms with Crippen LogP contribution in [0.3, 0.4) is 0 Å². The van der Waals surface area contributed by atoms with Gasteiger partial charge in [0.15, 0.2) is 11.5 Å². The molecule has 1 saturated heterocycles. The van der Waals surface area contributed by atoms with Gasteiger partial charge in [0.1, 0.15) is 4.99 Å². The molecule has 1 amide bonds. The van der Waals surface area contributed by atoms with Crippen LogP contribution in [-0.4, -0.2) is 22.4 Å². The smallest absolute Gasteiger partial charge is 0.296 e. The molecule has 0 aromatic heterocycles. The van der Waals surface area contributed by atoms with Gasteiger partial charge in [-0.25, -0.2) is 0 Å². The van der Waals surface area contributed by atoms with E-state index in [4.69, 9.17) is 17.0 Å². The summed E-state index contributed by atoms with van der Waals surface area (Å²) >= 11 is 6.54. The van der Waals surface area contributed by atoms with E-state index in [2.05, 4.69) is 0 Å². The molecule has 4 nitrogen and oxygen atoms in total. The number of para-hydroxylation sites is 1. The van der Waals surface area contributed by atoms with Crippen molar-refractivity contribution in [1.82, 2.24) is 0 Å². The molecule has 1 fully saturated rings. The molecule has 0 spiro atoms. The number of carbonyl (C=O) groups is 1. The van der Waals surface area contributed by atoms with E-state index in [1.54, 1.807) is 18.2 Å². The van der Waals surface area contributed by atoms with Gasteiger partial charge < -0.3 is 9.84 Å². The molecule has 1 N–H and O–H groups in total. The van der Waals surface area contributed by atoms with Gasteiger partial charge in [0, 0.05) is 0 Å². The first-order valence-electron chi connectivity index (χ1n) is 6.80. The van der Waals surface area contributed by atoms with E-state index in [1.165, 1.54) is 12.0 Å². The number of amides is 1. The number of methoxy groups -OCH3 is 1. The van der Waals surface area contributed by atoms with Crippen LogP contribution in [0.15, 0.2) is 53.4 Å². The highest BCUT2D eigenvalue weighted by Gasteiger charge is 2.32. The van der Waals surface area contributed by atoms with Gasteiger partial charge in [-0.05, 0) is 47.7 Å². The standard InChI is InChI=1S/C17H13NO3S2/c1-21-14-9-11(7-8-13(14)19)10-15-16(22)18(17(20)23-15)12-5-3-2-4-6-12/h2-10,19H,1H3. The van der Waals surface area contributed by atoms with Crippen molar-refractivity contribution in [3.05, 3.63) is 59.0 Å². The molecule has 23 heavy (non-hydrogen) atoms. The van der Waals surface area contributed by atoms with Crippen LogP contribution in [0.1, 0.15) is 5.56 Å². The summed E-state index contributed by atoms with van der Waals surface area (Å²) < 4.78 is 5.09. The monoisotopic (exact) mass is 343 g/mol. The van der Waals surface area contributed by atoms with Crippen molar-refractivity contribution in [1.29, 1.82) is 0 Å². The van der Waals surface area contributed by atoms with Crippen molar-refractivity contribution >= 4 is 46.0 Å². The number of thiocarbonyl (C=S) groups is 1. The number of benzene rings is 2. The van der Waals surface area contributed by atoms with E-state index in [0.717, 1.165) is 23.0 Å². The predicted octanol–water partition coefficient (Wildman–Crippen LogP) is 4.44. The molecule has 6 heteroatoms. The lowest BCUT2D eigenvalue weighted by Gasteiger charge is -2.14. The zero-order valence-electron chi connectivity index (χ0n) is 12.2. The molecule has 3 rings (SSSR count). The Morgan fingerprint density at radius 3 is 2.65 bits per heavy atom. The fourth-order valence-electron chi connectivity index (χ4n) is 2.20. The summed E-state index contributed by atoms with van der Waals surface area (Å²) in [7, 11) is 1.49. The number of carbonyl (C=O) groups excluding carboxylic acids is 1. The Kier molecular flexibility index (Phi) is 4.36. The number of aromatic hydroxyl groups is 1. The number of hydrogen-bond donors (Lipinski definition) is 1. The molecule has 0 bridgehead atoms. The van der Waals surface area contributed by atoms with Crippen molar-refractivity contribution in [2.24, 2.45) is 0 Å². The Morgan fingerprint density at radius 1 is 1.22 bits per heavy atom. The molecule has 0 unspecified atom stereocenters. The largest absolute Gasteiger partial charge is 0.504 e. The zero-order chi connectivity index (χ0) is 16.4. The van der Waals surface area contributed by atoms with E-state index in [-0.39, 0.29) is 11.0 Å². The van der Waals surface area contributed by atoms with Crippen LogP contribution in [0.25, 0.3) is 6.08 Å². The zero-order valence-corrected chi connectivity index (χ0v) is 13.9. The lowest BCUT2D eigenvalue weighted by Crippen LogP contribution is -2.26. The number of hydrogen-bond acceptors (Lipinski definition) is 5. The van der Waals surface area contributed by atoms with Crippen LogP contribution in [0.2, 0.25) is 0 Å². The topological polar surface area (TPSA) is 49.8 Å². The minimum absolute atomic E-state index is 0.0679. The van der Waals surface area contributed by atoms with E-state index >= 15 is 0 Å². The highest BCUT2D eigenvalue weighted by molar-refractivity contribution is 8.20. The number of ether oxygens (including phenoxy) is 1. The molecule has 1 heterocycles. The second-order valence-electron chi connectivity index (χ2n) is 4.78. The number of anilines is 1. The highest BCUT2D eigenvalue weighted by atomic mass is 32.2. The number of nitrogens with zero attached hydrogens (tertiary/aromatic N) is 1. The van der Waals surface area contributed by atoms with Gasteiger partial charge in [-0.15, -0.1) is 0 Å². The second-order valence-corrected chi connectivity index (χ2v) is 6.16. The second kappa shape index (κ2) is 6.44. The molecule has 1 aliphatic heterocycles. The Hall–Kier alpha value is -2.31. The van der Waals surface area contributed by atoms with Crippen molar-refractivity contribution in [3.63, 3.8) is 0 Å².